The molecule has 1 aliphatic heterocycles. The molecule has 0 atom stereocenters. The van der Waals surface area contributed by atoms with Gasteiger partial charge in [-0.15, -0.1) is 0 Å². The number of nitrogens with zero attached hydrogens (tertiary/aromatic N) is 5. The van der Waals surface area contributed by atoms with Gasteiger partial charge >= 0.3 is 0 Å². The van der Waals surface area contributed by atoms with Gasteiger partial charge in [-0.3, -0.25) is 9.89 Å². The predicted octanol–water partition coefficient (Wildman–Crippen LogP) is 2.03. The Hall–Kier alpha value is -2.67. The van der Waals surface area contributed by atoms with E-state index in [1.165, 1.54) is 11.1 Å². The van der Waals surface area contributed by atoms with Crippen LogP contribution in [0.1, 0.15) is 17.5 Å². The van der Waals surface area contributed by atoms with Gasteiger partial charge in [0.25, 0.3) is 0 Å². The van der Waals surface area contributed by atoms with E-state index in [2.05, 4.69) is 56.1 Å². The SMILES string of the molecule is Cc1ccc(NC(N)=NCCCN2CCN(c3ncccn3)CC2)cc1C. The van der Waals surface area contributed by atoms with Crippen molar-refractivity contribution in [2.75, 3.05) is 49.5 Å². The molecule has 0 saturated carbocycles. The van der Waals surface area contributed by atoms with Crippen LogP contribution in [0.2, 0.25) is 0 Å². The first-order valence-corrected chi connectivity index (χ1v) is 9.50. The second-order valence-corrected chi connectivity index (χ2v) is 6.92. The second-order valence-electron chi connectivity index (χ2n) is 6.92. The van der Waals surface area contributed by atoms with Crippen LogP contribution in [0.25, 0.3) is 0 Å². The van der Waals surface area contributed by atoms with Crippen LogP contribution in [0, 0.1) is 13.8 Å². The van der Waals surface area contributed by atoms with E-state index in [1.54, 1.807) is 12.4 Å². The molecule has 1 aromatic carbocycles. The summed E-state index contributed by atoms with van der Waals surface area (Å²) in [5.74, 6) is 1.30. The topological polar surface area (TPSA) is 82.7 Å². The van der Waals surface area contributed by atoms with Gasteiger partial charge in [0.2, 0.25) is 5.95 Å². The number of aryl methyl sites for hydroxylation is 2. The molecule has 1 aromatic heterocycles. The number of piperazine rings is 1. The smallest absolute Gasteiger partial charge is 0.225 e. The molecule has 0 aliphatic carbocycles. The average molecular weight is 368 g/mol. The van der Waals surface area contributed by atoms with Gasteiger partial charge in [-0.1, -0.05) is 6.07 Å². The molecular weight excluding hydrogens is 338 g/mol. The normalized spacial score (nSPS) is 15.8. The predicted molar refractivity (Wildman–Crippen MR) is 111 cm³/mol. The lowest BCUT2D eigenvalue weighted by Crippen LogP contribution is -2.47. The molecular formula is C20H29N7. The summed E-state index contributed by atoms with van der Waals surface area (Å²) in [6.07, 6.45) is 4.59. The number of nitrogens with one attached hydrogen (secondary N) is 1. The summed E-state index contributed by atoms with van der Waals surface area (Å²) in [5.41, 5.74) is 9.50. The van der Waals surface area contributed by atoms with E-state index in [-0.39, 0.29) is 0 Å². The Morgan fingerprint density at radius 1 is 1.11 bits per heavy atom. The highest BCUT2D eigenvalue weighted by atomic mass is 15.3. The summed E-state index contributed by atoms with van der Waals surface area (Å²) >= 11 is 0. The number of hydrogen-bond acceptors (Lipinski definition) is 5. The first kappa shape index (κ1) is 19.1. The number of benzene rings is 1. The number of rotatable bonds is 6. The fourth-order valence-corrected chi connectivity index (χ4v) is 3.13. The van der Waals surface area contributed by atoms with Crippen molar-refractivity contribution in [2.24, 2.45) is 10.7 Å². The van der Waals surface area contributed by atoms with Gasteiger partial charge in [-0.25, -0.2) is 9.97 Å². The van der Waals surface area contributed by atoms with Crippen LogP contribution in [-0.2, 0) is 0 Å². The minimum atomic E-state index is 0.476. The Morgan fingerprint density at radius 3 is 2.56 bits per heavy atom. The zero-order chi connectivity index (χ0) is 19.1. The molecule has 3 N–H and O–H groups in total. The third-order valence-corrected chi connectivity index (χ3v) is 4.90. The fraction of sp³-hybridized carbons (Fsp3) is 0.450. The van der Waals surface area contributed by atoms with Crippen LogP contribution >= 0.6 is 0 Å². The average Bonchev–Trinajstić information content (AvgIpc) is 2.69. The zero-order valence-electron chi connectivity index (χ0n) is 16.2. The van der Waals surface area contributed by atoms with Crippen molar-refractivity contribution in [1.82, 2.24) is 14.9 Å². The lowest BCUT2D eigenvalue weighted by atomic mass is 10.1. The lowest BCUT2D eigenvalue weighted by molar-refractivity contribution is 0.255. The van der Waals surface area contributed by atoms with Gasteiger partial charge in [0, 0.05) is 57.3 Å². The van der Waals surface area contributed by atoms with E-state index in [4.69, 9.17) is 5.73 Å². The van der Waals surface area contributed by atoms with Crippen LogP contribution < -0.4 is 16.0 Å². The van der Waals surface area contributed by atoms with Crippen molar-refractivity contribution in [3.63, 3.8) is 0 Å². The van der Waals surface area contributed by atoms with Crippen molar-refractivity contribution in [1.29, 1.82) is 0 Å². The maximum absolute atomic E-state index is 6.00. The van der Waals surface area contributed by atoms with Crippen molar-refractivity contribution < 1.29 is 0 Å². The third-order valence-electron chi connectivity index (χ3n) is 4.90. The summed E-state index contributed by atoms with van der Waals surface area (Å²) in [5, 5.41) is 3.17. The van der Waals surface area contributed by atoms with Gasteiger partial charge < -0.3 is 16.0 Å². The number of nitrogens with two attached hydrogens (primary N) is 1. The van der Waals surface area contributed by atoms with E-state index in [0.29, 0.717) is 5.96 Å². The molecule has 0 spiro atoms. The van der Waals surface area contributed by atoms with Crippen molar-refractivity contribution >= 4 is 17.6 Å². The number of aromatic nitrogens is 2. The summed E-state index contributed by atoms with van der Waals surface area (Å²) in [7, 11) is 0. The van der Waals surface area contributed by atoms with E-state index in [9.17, 15) is 0 Å². The first-order valence-electron chi connectivity index (χ1n) is 9.50. The summed E-state index contributed by atoms with van der Waals surface area (Å²) in [6.45, 7) is 9.93. The molecule has 3 rings (SSSR count). The summed E-state index contributed by atoms with van der Waals surface area (Å²) < 4.78 is 0. The number of guanidine groups is 1. The molecule has 0 radical (unpaired) electrons. The molecule has 0 bridgehead atoms. The minimum absolute atomic E-state index is 0.476. The molecule has 7 nitrogen and oxygen atoms in total. The van der Waals surface area contributed by atoms with E-state index in [1.807, 2.05) is 12.1 Å². The number of anilines is 2. The van der Waals surface area contributed by atoms with Gasteiger partial charge in [-0.05, 0) is 49.6 Å². The Morgan fingerprint density at radius 2 is 1.85 bits per heavy atom. The van der Waals surface area contributed by atoms with E-state index >= 15 is 0 Å². The molecule has 27 heavy (non-hydrogen) atoms. The standard InChI is InChI=1S/C20H29N7/c1-16-5-6-18(15-17(16)2)25-19(21)22-9-4-10-26-11-13-27(14-12-26)20-23-7-3-8-24-20/h3,5-8,15H,4,9-14H2,1-2H3,(H3,21,22,25). The van der Waals surface area contributed by atoms with Crippen molar-refractivity contribution in [2.45, 2.75) is 20.3 Å². The highest BCUT2D eigenvalue weighted by Gasteiger charge is 2.17. The van der Waals surface area contributed by atoms with Crippen LogP contribution in [0.4, 0.5) is 11.6 Å². The van der Waals surface area contributed by atoms with Crippen molar-refractivity contribution in [3.05, 3.63) is 47.8 Å². The number of aliphatic imine (C=N–C) groups is 1. The van der Waals surface area contributed by atoms with Gasteiger partial charge in [-0.2, -0.15) is 0 Å². The van der Waals surface area contributed by atoms with Crippen LogP contribution in [0.15, 0.2) is 41.7 Å². The third kappa shape index (κ3) is 5.65. The van der Waals surface area contributed by atoms with E-state index < -0.39 is 0 Å². The fourth-order valence-electron chi connectivity index (χ4n) is 3.13. The molecule has 1 aliphatic rings. The molecule has 2 aromatic rings. The highest BCUT2D eigenvalue weighted by molar-refractivity contribution is 5.92. The Balaban J connectivity index is 1.36. The number of hydrogen-bond donors (Lipinski definition) is 2. The van der Waals surface area contributed by atoms with E-state index in [0.717, 1.165) is 57.3 Å². The highest BCUT2D eigenvalue weighted by Crippen LogP contribution is 2.14. The molecule has 7 heteroatoms. The largest absolute Gasteiger partial charge is 0.370 e. The first-order chi connectivity index (χ1) is 13.1. The zero-order valence-corrected chi connectivity index (χ0v) is 16.2. The summed E-state index contributed by atoms with van der Waals surface area (Å²) in [4.78, 5) is 17.8. The maximum atomic E-state index is 6.00. The molecule has 144 valence electrons. The molecule has 0 unspecified atom stereocenters. The Labute approximate surface area is 161 Å². The second kappa shape index (κ2) is 9.32. The molecule has 1 fully saturated rings. The van der Waals surface area contributed by atoms with Crippen LogP contribution in [0.3, 0.4) is 0 Å². The molecule has 2 heterocycles. The Kier molecular flexibility index (Phi) is 6.59. The van der Waals surface area contributed by atoms with Gasteiger partial charge in [0.15, 0.2) is 5.96 Å². The quantitative estimate of drug-likeness (QED) is 0.462. The van der Waals surface area contributed by atoms with Gasteiger partial charge in [0.1, 0.15) is 0 Å². The summed E-state index contributed by atoms with van der Waals surface area (Å²) in [6, 6.07) is 8.06. The maximum Gasteiger partial charge on any atom is 0.225 e. The van der Waals surface area contributed by atoms with Gasteiger partial charge in [0.05, 0.1) is 0 Å². The Bertz CT molecular complexity index is 752. The van der Waals surface area contributed by atoms with Crippen molar-refractivity contribution in [3.8, 4) is 0 Å². The van der Waals surface area contributed by atoms with Crippen LogP contribution in [-0.4, -0.2) is 60.1 Å². The lowest BCUT2D eigenvalue weighted by Gasteiger charge is -2.34. The molecule has 0 amide bonds. The van der Waals surface area contributed by atoms with Crippen LogP contribution in [0.5, 0.6) is 0 Å². The molecule has 1 saturated heterocycles. The monoisotopic (exact) mass is 367 g/mol. The minimum Gasteiger partial charge on any atom is -0.370 e.